The van der Waals surface area contributed by atoms with E-state index >= 15 is 0 Å². The van der Waals surface area contributed by atoms with Crippen molar-refractivity contribution in [1.29, 1.82) is 0 Å². The lowest BCUT2D eigenvalue weighted by Gasteiger charge is -2.15. The first-order valence-corrected chi connectivity index (χ1v) is 11.6. The number of ether oxygens (including phenoxy) is 2. The van der Waals surface area contributed by atoms with E-state index in [0.717, 1.165) is 17.0 Å². The fraction of sp³-hybridized carbons (Fsp3) is 0.200. The number of hydrogen-bond donors (Lipinski definition) is 0. The highest BCUT2D eigenvalue weighted by atomic mass is 32.2. The molecule has 0 fully saturated rings. The third-order valence-corrected chi connectivity index (χ3v) is 6.42. The van der Waals surface area contributed by atoms with Crippen LogP contribution in [-0.2, 0) is 6.61 Å². The molecule has 35 heavy (non-hydrogen) atoms. The van der Waals surface area contributed by atoms with Gasteiger partial charge in [0.25, 0.3) is 0 Å². The highest BCUT2D eigenvalue weighted by Gasteiger charge is 2.24. The van der Waals surface area contributed by atoms with Gasteiger partial charge in [0.05, 0.1) is 7.11 Å². The monoisotopic (exact) mass is 494 g/mol. The molecule has 0 saturated carbocycles. The molecular formula is C25H23FN4O4S. The van der Waals surface area contributed by atoms with Gasteiger partial charge >= 0.3 is 0 Å². The van der Waals surface area contributed by atoms with Gasteiger partial charge in [-0.3, -0.25) is 14.7 Å². The van der Waals surface area contributed by atoms with Crippen LogP contribution in [0, 0.1) is 22.9 Å². The fourth-order valence-electron chi connectivity index (χ4n) is 3.49. The van der Waals surface area contributed by atoms with Crippen LogP contribution in [0.2, 0.25) is 0 Å². The highest BCUT2D eigenvalue weighted by molar-refractivity contribution is 7.99. The van der Waals surface area contributed by atoms with Crippen LogP contribution < -0.4 is 9.47 Å². The molecular weight excluding hydrogens is 471 g/mol. The maximum absolute atomic E-state index is 13.4. The van der Waals surface area contributed by atoms with E-state index in [1.54, 1.807) is 43.5 Å². The first-order valence-electron chi connectivity index (χ1n) is 10.7. The Hall–Kier alpha value is -3.92. The molecule has 1 atom stereocenters. The molecule has 0 amide bonds. The quantitative estimate of drug-likeness (QED) is 0.165. The summed E-state index contributed by atoms with van der Waals surface area (Å²) < 4.78 is 26.2. The summed E-state index contributed by atoms with van der Waals surface area (Å²) in [5.74, 6) is 1.65. The molecule has 1 aromatic heterocycles. The number of hydrogen-bond acceptors (Lipinski definition) is 7. The van der Waals surface area contributed by atoms with Crippen LogP contribution in [0.1, 0.15) is 22.2 Å². The first-order chi connectivity index (χ1) is 16.9. The molecule has 4 aromatic rings. The predicted molar refractivity (Wildman–Crippen MR) is 130 cm³/mol. The number of nitrogens with zero attached hydrogens (tertiary/aromatic N) is 4. The van der Waals surface area contributed by atoms with E-state index in [9.17, 15) is 14.5 Å². The molecule has 0 radical (unpaired) electrons. The van der Waals surface area contributed by atoms with E-state index in [1.165, 1.54) is 23.9 Å². The molecule has 0 unspecified atom stereocenters. The Kier molecular flexibility index (Phi) is 7.61. The van der Waals surface area contributed by atoms with Gasteiger partial charge in [-0.15, -0.1) is 10.2 Å². The minimum absolute atomic E-state index is 0.217. The van der Waals surface area contributed by atoms with Crippen molar-refractivity contribution in [3.05, 3.63) is 106 Å². The second-order valence-corrected chi connectivity index (χ2v) is 8.84. The maximum Gasteiger partial charge on any atom is 0.220 e. The van der Waals surface area contributed by atoms with Crippen molar-refractivity contribution in [3.8, 4) is 17.2 Å². The van der Waals surface area contributed by atoms with Gasteiger partial charge in [0.15, 0.2) is 5.16 Å². The van der Waals surface area contributed by atoms with Crippen LogP contribution in [0.25, 0.3) is 5.69 Å². The van der Waals surface area contributed by atoms with Gasteiger partial charge in [-0.25, -0.2) is 4.39 Å². The van der Waals surface area contributed by atoms with Crippen molar-refractivity contribution in [2.75, 3.05) is 13.7 Å². The molecule has 1 heterocycles. The number of aryl methyl sites for hydroxylation is 1. The van der Waals surface area contributed by atoms with Crippen LogP contribution in [-0.4, -0.2) is 33.3 Å². The Bertz CT molecular complexity index is 1300. The zero-order valence-electron chi connectivity index (χ0n) is 19.1. The van der Waals surface area contributed by atoms with E-state index in [4.69, 9.17) is 9.47 Å². The molecule has 0 aliphatic carbocycles. The zero-order chi connectivity index (χ0) is 24.8. The summed E-state index contributed by atoms with van der Waals surface area (Å²) in [7, 11) is 1.60. The second kappa shape index (κ2) is 11.0. The van der Waals surface area contributed by atoms with E-state index < -0.39 is 5.25 Å². The van der Waals surface area contributed by atoms with E-state index in [2.05, 4.69) is 10.2 Å². The van der Waals surface area contributed by atoms with Crippen molar-refractivity contribution in [2.24, 2.45) is 0 Å². The predicted octanol–water partition coefficient (Wildman–Crippen LogP) is 5.41. The Morgan fingerprint density at radius 2 is 1.77 bits per heavy atom. The van der Waals surface area contributed by atoms with Gasteiger partial charge in [-0.2, -0.15) is 0 Å². The summed E-state index contributed by atoms with van der Waals surface area (Å²) in [6, 6.07) is 20.7. The summed E-state index contributed by atoms with van der Waals surface area (Å²) in [4.78, 5) is 11.1. The van der Waals surface area contributed by atoms with Crippen molar-refractivity contribution in [1.82, 2.24) is 14.8 Å². The van der Waals surface area contributed by atoms with Crippen molar-refractivity contribution in [3.63, 3.8) is 0 Å². The molecule has 4 rings (SSSR count). The molecule has 0 bridgehead atoms. The Labute approximate surface area is 205 Å². The summed E-state index contributed by atoms with van der Waals surface area (Å²) in [5, 5.41) is 19.9. The third kappa shape index (κ3) is 6.15. The van der Waals surface area contributed by atoms with Crippen LogP contribution in [0.3, 0.4) is 0 Å². The molecule has 0 aliphatic rings. The lowest BCUT2D eigenvalue weighted by atomic mass is 10.1. The molecule has 3 aromatic carbocycles. The number of aromatic nitrogens is 3. The number of nitro groups is 1. The summed E-state index contributed by atoms with van der Waals surface area (Å²) in [6.07, 6.45) is 0. The fourth-order valence-corrected chi connectivity index (χ4v) is 4.67. The number of halogens is 1. The maximum atomic E-state index is 13.4. The highest BCUT2D eigenvalue weighted by Crippen LogP contribution is 2.36. The van der Waals surface area contributed by atoms with Crippen molar-refractivity contribution < 1.29 is 18.8 Å². The van der Waals surface area contributed by atoms with E-state index in [0.29, 0.717) is 22.3 Å². The van der Waals surface area contributed by atoms with Gasteiger partial charge in [-0.1, -0.05) is 36.0 Å². The normalized spacial score (nSPS) is 11.7. The van der Waals surface area contributed by atoms with Crippen LogP contribution in [0.15, 0.2) is 78.0 Å². The minimum atomic E-state index is -0.497. The molecule has 8 nitrogen and oxygen atoms in total. The second-order valence-electron chi connectivity index (χ2n) is 7.67. The van der Waals surface area contributed by atoms with Crippen LogP contribution in [0.4, 0.5) is 4.39 Å². The minimum Gasteiger partial charge on any atom is -0.497 e. The number of thioether (sulfide) groups is 1. The molecule has 0 aliphatic heterocycles. The van der Waals surface area contributed by atoms with Gasteiger partial charge in [-0.05, 0) is 66.6 Å². The SMILES string of the molecule is COc1ccc(-n2c(C)nnc2S[C@H](C[N+](=O)[O-])c2ccc(OCc3cccc(F)c3)cc2)cc1. The summed E-state index contributed by atoms with van der Waals surface area (Å²) >= 11 is 1.27. The largest absolute Gasteiger partial charge is 0.497 e. The average Bonchev–Trinajstić information content (AvgIpc) is 3.22. The number of rotatable bonds is 10. The Balaban J connectivity index is 1.52. The van der Waals surface area contributed by atoms with E-state index in [-0.39, 0.29) is 23.9 Å². The van der Waals surface area contributed by atoms with Crippen molar-refractivity contribution >= 4 is 11.8 Å². The topological polar surface area (TPSA) is 92.3 Å². The Morgan fingerprint density at radius 3 is 2.43 bits per heavy atom. The molecule has 0 N–H and O–H groups in total. The lowest BCUT2D eigenvalue weighted by Crippen LogP contribution is -2.11. The summed E-state index contributed by atoms with van der Waals surface area (Å²) in [5.41, 5.74) is 2.30. The number of methoxy groups -OCH3 is 1. The zero-order valence-corrected chi connectivity index (χ0v) is 19.9. The average molecular weight is 495 g/mol. The van der Waals surface area contributed by atoms with Gasteiger partial charge < -0.3 is 9.47 Å². The van der Waals surface area contributed by atoms with Gasteiger partial charge in [0.1, 0.15) is 35.0 Å². The standard InChI is InChI=1S/C25H23FN4O4S/c1-17-27-28-25(30(17)21-8-12-22(33-2)13-9-21)35-24(15-29(31)32)19-6-10-23(11-7-19)34-16-18-4-3-5-20(26)14-18/h3-14,24H,15-16H2,1-2H3/t24-/m1/s1. The van der Waals surface area contributed by atoms with Crippen LogP contribution in [0.5, 0.6) is 11.5 Å². The van der Waals surface area contributed by atoms with Crippen molar-refractivity contribution in [2.45, 2.75) is 23.9 Å². The van der Waals surface area contributed by atoms with Gasteiger partial charge in [0, 0.05) is 10.6 Å². The number of benzene rings is 3. The van der Waals surface area contributed by atoms with Gasteiger partial charge in [0.2, 0.25) is 6.54 Å². The third-order valence-electron chi connectivity index (χ3n) is 5.23. The smallest absolute Gasteiger partial charge is 0.220 e. The first kappa shape index (κ1) is 24.2. The molecule has 0 spiro atoms. The molecule has 180 valence electrons. The van der Waals surface area contributed by atoms with Crippen LogP contribution >= 0.6 is 11.8 Å². The molecule has 0 saturated heterocycles. The lowest BCUT2D eigenvalue weighted by molar-refractivity contribution is -0.479. The summed E-state index contributed by atoms with van der Waals surface area (Å²) in [6.45, 7) is 1.76. The Morgan fingerprint density at radius 1 is 1.06 bits per heavy atom. The van der Waals surface area contributed by atoms with E-state index in [1.807, 2.05) is 35.8 Å². The molecule has 10 heteroatoms.